The van der Waals surface area contributed by atoms with Crippen LogP contribution in [0.3, 0.4) is 0 Å². The first-order valence-corrected chi connectivity index (χ1v) is 12.8. The van der Waals surface area contributed by atoms with Gasteiger partial charge in [0.1, 0.15) is 18.0 Å². The normalized spacial score (nSPS) is 15.9. The number of benzene rings is 2. The molecule has 0 bridgehead atoms. The van der Waals surface area contributed by atoms with Crippen LogP contribution in [0, 0.1) is 0 Å². The number of carboxylic acid groups (broad SMARTS) is 1. The lowest BCUT2D eigenvalue weighted by Crippen LogP contribution is -2.33. The summed E-state index contributed by atoms with van der Waals surface area (Å²) < 4.78 is 35.2. The maximum absolute atomic E-state index is 13.4. The summed E-state index contributed by atoms with van der Waals surface area (Å²) >= 11 is 18.4. The molecule has 0 saturated heterocycles. The molecule has 0 fully saturated rings. The highest BCUT2D eigenvalue weighted by Crippen LogP contribution is 2.39. The topological polar surface area (TPSA) is 102 Å². The molecular formula is C22H20Cl3N3O5S. The van der Waals surface area contributed by atoms with Crippen molar-refractivity contribution in [2.75, 3.05) is 7.05 Å². The minimum atomic E-state index is -3.92. The minimum absolute atomic E-state index is 0.000366. The van der Waals surface area contributed by atoms with E-state index in [1.165, 1.54) is 40.3 Å². The minimum Gasteiger partial charge on any atom is -0.480 e. The molecule has 1 aromatic heterocycles. The van der Waals surface area contributed by atoms with E-state index in [2.05, 4.69) is 5.10 Å². The molecular weight excluding hydrogens is 525 g/mol. The van der Waals surface area contributed by atoms with Crippen LogP contribution in [0.1, 0.15) is 30.1 Å². The number of carbonyl (C=O) groups is 1. The zero-order valence-electron chi connectivity index (χ0n) is 17.9. The molecule has 12 heteroatoms. The third-order valence-corrected chi connectivity index (χ3v) is 8.34. The van der Waals surface area contributed by atoms with E-state index in [9.17, 15) is 13.2 Å². The third-order valence-electron chi connectivity index (χ3n) is 5.65. The van der Waals surface area contributed by atoms with Gasteiger partial charge in [0.05, 0.1) is 27.2 Å². The molecule has 1 N–H and O–H groups in total. The quantitative estimate of drug-likeness (QED) is 0.426. The first-order valence-electron chi connectivity index (χ1n) is 10.2. The molecule has 0 amide bonds. The average molecular weight is 545 g/mol. The highest BCUT2D eigenvalue weighted by Gasteiger charge is 2.34. The maximum Gasteiger partial charge on any atom is 0.325 e. The lowest BCUT2D eigenvalue weighted by molar-refractivity contribution is -0.137. The van der Waals surface area contributed by atoms with E-state index in [-0.39, 0.29) is 27.2 Å². The predicted octanol–water partition coefficient (Wildman–Crippen LogP) is 5.42. The monoisotopic (exact) mass is 543 g/mol. The van der Waals surface area contributed by atoms with Gasteiger partial charge in [-0.2, -0.15) is 9.40 Å². The summed E-state index contributed by atoms with van der Waals surface area (Å²) in [7, 11) is -2.43. The molecule has 1 atom stereocenters. The van der Waals surface area contributed by atoms with Crippen LogP contribution < -0.4 is 4.74 Å². The van der Waals surface area contributed by atoms with Gasteiger partial charge in [-0.1, -0.05) is 34.8 Å². The SMILES string of the molecule is CN([C@@H]1CCCc2c1cnn2CC(=O)O)S(=O)(=O)c1ccc(Oc2ccc(Cl)cc2Cl)c(Cl)c1. The van der Waals surface area contributed by atoms with Crippen molar-refractivity contribution in [3.63, 3.8) is 0 Å². The Labute approximate surface area is 211 Å². The Morgan fingerprint density at radius 2 is 1.85 bits per heavy atom. The molecule has 0 spiro atoms. The second-order valence-electron chi connectivity index (χ2n) is 7.80. The van der Waals surface area contributed by atoms with Crippen molar-refractivity contribution in [1.29, 1.82) is 0 Å². The average Bonchev–Trinajstić information content (AvgIpc) is 3.18. The lowest BCUT2D eigenvalue weighted by Gasteiger charge is -2.31. The van der Waals surface area contributed by atoms with Gasteiger partial charge in [-0.05, 0) is 55.7 Å². The lowest BCUT2D eigenvalue weighted by atomic mass is 9.93. The van der Waals surface area contributed by atoms with Gasteiger partial charge >= 0.3 is 5.97 Å². The Kier molecular flexibility index (Phi) is 7.12. The molecule has 0 unspecified atom stereocenters. The predicted molar refractivity (Wildman–Crippen MR) is 128 cm³/mol. The van der Waals surface area contributed by atoms with Crippen LogP contribution in [-0.2, 0) is 27.8 Å². The fourth-order valence-electron chi connectivity index (χ4n) is 3.97. The Hall–Kier alpha value is -2.30. The van der Waals surface area contributed by atoms with Gasteiger partial charge in [-0.25, -0.2) is 8.42 Å². The number of halogens is 3. The highest BCUT2D eigenvalue weighted by atomic mass is 35.5. The third kappa shape index (κ3) is 4.89. The van der Waals surface area contributed by atoms with Crippen LogP contribution in [0.4, 0.5) is 0 Å². The number of aliphatic carboxylic acids is 1. The van der Waals surface area contributed by atoms with E-state index in [0.717, 1.165) is 5.69 Å². The Morgan fingerprint density at radius 1 is 1.18 bits per heavy atom. The van der Waals surface area contributed by atoms with Crippen LogP contribution in [-0.4, -0.2) is 40.6 Å². The van der Waals surface area contributed by atoms with Crippen molar-refractivity contribution in [1.82, 2.24) is 14.1 Å². The van der Waals surface area contributed by atoms with Gasteiger partial charge in [0.25, 0.3) is 0 Å². The van der Waals surface area contributed by atoms with Gasteiger partial charge in [-0.15, -0.1) is 0 Å². The number of sulfonamides is 1. The molecule has 0 aliphatic heterocycles. The fourth-order valence-corrected chi connectivity index (χ4v) is 6.10. The number of aromatic nitrogens is 2. The zero-order chi connectivity index (χ0) is 24.6. The van der Waals surface area contributed by atoms with E-state index in [0.29, 0.717) is 35.6 Å². The van der Waals surface area contributed by atoms with Gasteiger partial charge in [0, 0.05) is 23.3 Å². The van der Waals surface area contributed by atoms with Crippen LogP contribution in [0.2, 0.25) is 15.1 Å². The molecule has 0 saturated carbocycles. The van der Waals surface area contributed by atoms with Gasteiger partial charge in [0.2, 0.25) is 10.0 Å². The van der Waals surface area contributed by atoms with Crippen LogP contribution in [0.15, 0.2) is 47.5 Å². The van der Waals surface area contributed by atoms with Crippen molar-refractivity contribution in [2.45, 2.75) is 36.7 Å². The number of hydrogen-bond donors (Lipinski definition) is 1. The van der Waals surface area contributed by atoms with Crippen molar-refractivity contribution < 1.29 is 23.1 Å². The van der Waals surface area contributed by atoms with Crippen LogP contribution in [0.25, 0.3) is 0 Å². The van der Waals surface area contributed by atoms with Crippen molar-refractivity contribution >= 4 is 50.8 Å². The number of ether oxygens (including phenoxy) is 1. The molecule has 0 radical (unpaired) electrons. The zero-order valence-corrected chi connectivity index (χ0v) is 21.0. The van der Waals surface area contributed by atoms with E-state index in [1.807, 2.05) is 0 Å². The van der Waals surface area contributed by atoms with Crippen molar-refractivity contribution in [2.24, 2.45) is 0 Å². The summed E-state index contributed by atoms with van der Waals surface area (Å²) in [6.45, 7) is -0.271. The Bertz CT molecular complexity index is 1360. The van der Waals surface area contributed by atoms with Gasteiger partial charge in [-0.3, -0.25) is 9.48 Å². The first kappa shape index (κ1) is 24.8. The summed E-state index contributed by atoms with van der Waals surface area (Å²) in [6, 6.07) is 8.45. The maximum atomic E-state index is 13.4. The van der Waals surface area contributed by atoms with Crippen LogP contribution >= 0.6 is 34.8 Å². The van der Waals surface area contributed by atoms with Gasteiger partial charge in [0.15, 0.2) is 0 Å². The van der Waals surface area contributed by atoms with Gasteiger partial charge < -0.3 is 9.84 Å². The molecule has 34 heavy (non-hydrogen) atoms. The van der Waals surface area contributed by atoms with Crippen LogP contribution in [0.5, 0.6) is 11.5 Å². The summed E-state index contributed by atoms with van der Waals surface area (Å²) in [4.78, 5) is 11.1. The molecule has 1 aliphatic carbocycles. The number of fused-ring (bicyclic) bond motifs is 1. The molecule has 8 nitrogen and oxygen atoms in total. The molecule has 4 rings (SSSR count). The van der Waals surface area contributed by atoms with Crippen molar-refractivity contribution in [3.05, 3.63) is 68.9 Å². The molecule has 180 valence electrons. The number of rotatable bonds is 7. The summed E-state index contributed by atoms with van der Waals surface area (Å²) in [5.41, 5.74) is 1.45. The van der Waals surface area contributed by atoms with E-state index in [4.69, 9.17) is 44.6 Å². The second-order valence-corrected chi connectivity index (χ2v) is 11.0. The second kappa shape index (κ2) is 9.75. The smallest absolute Gasteiger partial charge is 0.325 e. The molecule has 1 aliphatic rings. The summed E-state index contributed by atoms with van der Waals surface area (Å²) in [6.07, 6.45) is 3.48. The number of hydrogen-bond acceptors (Lipinski definition) is 5. The summed E-state index contributed by atoms with van der Waals surface area (Å²) in [5.74, 6) is -0.443. The number of nitrogens with zero attached hydrogens (tertiary/aromatic N) is 3. The highest BCUT2D eigenvalue weighted by molar-refractivity contribution is 7.89. The summed E-state index contributed by atoms with van der Waals surface area (Å²) in [5, 5.41) is 14.1. The number of carboxylic acids is 1. The Morgan fingerprint density at radius 3 is 2.50 bits per heavy atom. The molecule has 1 heterocycles. The van der Waals surface area contributed by atoms with Crippen molar-refractivity contribution in [3.8, 4) is 11.5 Å². The van der Waals surface area contributed by atoms with E-state index in [1.54, 1.807) is 18.3 Å². The molecule has 2 aromatic carbocycles. The van der Waals surface area contributed by atoms with E-state index < -0.39 is 22.0 Å². The standard InChI is InChI=1S/C22H20Cl3N3O5S/c1-27(18-3-2-4-19-15(18)11-26-28(19)12-22(29)30)34(31,32)14-6-8-21(17(25)10-14)33-20-7-5-13(23)9-16(20)24/h5-11,18H,2-4,12H2,1H3,(H,29,30)/t18-/m1/s1. The Balaban J connectivity index is 1.59. The van der Waals surface area contributed by atoms with E-state index >= 15 is 0 Å². The first-order chi connectivity index (χ1) is 16.1. The fraction of sp³-hybridized carbons (Fsp3) is 0.273. The molecule has 3 aromatic rings. The largest absolute Gasteiger partial charge is 0.480 e.